The molecule has 58 valence electrons. The van der Waals surface area contributed by atoms with Crippen molar-refractivity contribution in [3.63, 3.8) is 0 Å². The van der Waals surface area contributed by atoms with Crippen molar-refractivity contribution in [3.8, 4) is 0 Å². The molecule has 2 heterocycles. The molecule has 0 radical (unpaired) electrons. The van der Waals surface area contributed by atoms with E-state index in [1.807, 2.05) is 12.4 Å². The van der Waals surface area contributed by atoms with Crippen molar-refractivity contribution in [2.45, 2.75) is 0 Å². The van der Waals surface area contributed by atoms with Gasteiger partial charge in [0.15, 0.2) is 0 Å². The molecule has 4 heteroatoms. The molecule has 1 aromatic carbocycles. The van der Waals surface area contributed by atoms with E-state index in [1.54, 1.807) is 0 Å². The number of H-pyrrole nitrogens is 1. The van der Waals surface area contributed by atoms with Crippen molar-refractivity contribution in [2.75, 3.05) is 0 Å². The van der Waals surface area contributed by atoms with Crippen LogP contribution in [0.25, 0.3) is 21.8 Å². The first-order valence-electron chi connectivity index (χ1n) is 3.61. The van der Waals surface area contributed by atoms with Gasteiger partial charge in [-0.2, -0.15) is 0 Å². The Labute approximate surface area is 74.6 Å². The number of hydrogen-bond acceptors (Lipinski definition) is 2. The Kier molecular flexibility index (Phi) is 1.17. The summed E-state index contributed by atoms with van der Waals surface area (Å²) in [5.74, 6) is 0. The van der Waals surface area contributed by atoms with Crippen molar-refractivity contribution in [3.05, 3.63) is 24.5 Å². The molecule has 3 nitrogen and oxygen atoms in total. The molecule has 1 N–H and O–H groups in total. The van der Waals surface area contributed by atoms with Crippen LogP contribution in [0.1, 0.15) is 0 Å². The molecule has 12 heavy (non-hydrogen) atoms. The van der Waals surface area contributed by atoms with Crippen LogP contribution in [0.4, 0.5) is 0 Å². The van der Waals surface area contributed by atoms with Crippen LogP contribution >= 0.6 is 0 Å². The van der Waals surface area contributed by atoms with Gasteiger partial charge >= 0.3 is 74.2 Å². The zero-order valence-corrected chi connectivity index (χ0v) is 7.83. The summed E-state index contributed by atoms with van der Waals surface area (Å²) in [5.41, 5.74) is 2.24. The third-order valence-electron chi connectivity index (χ3n) is 1.96. The molecule has 0 aliphatic rings. The second-order valence-electron chi connectivity index (χ2n) is 2.66. The Morgan fingerprint density at radius 2 is 2.25 bits per heavy atom. The van der Waals surface area contributed by atoms with E-state index in [1.165, 1.54) is 10.8 Å². The first kappa shape index (κ1) is 6.40. The SMILES string of the molecule is c1cc2[nH][se]nc2c2cncc12. The van der Waals surface area contributed by atoms with Crippen LogP contribution in [0.2, 0.25) is 0 Å². The summed E-state index contributed by atoms with van der Waals surface area (Å²) in [6, 6.07) is 4.14. The molecule has 0 saturated heterocycles. The Morgan fingerprint density at radius 3 is 3.25 bits per heavy atom. The van der Waals surface area contributed by atoms with Gasteiger partial charge < -0.3 is 0 Å². The molecular formula is C8H5N3Se. The van der Waals surface area contributed by atoms with Crippen molar-refractivity contribution in [2.24, 2.45) is 0 Å². The Bertz CT molecular complexity index is 487. The van der Waals surface area contributed by atoms with Gasteiger partial charge in [-0.05, 0) is 0 Å². The van der Waals surface area contributed by atoms with Gasteiger partial charge in [0, 0.05) is 0 Å². The summed E-state index contributed by atoms with van der Waals surface area (Å²) < 4.78 is 7.66. The van der Waals surface area contributed by atoms with E-state index < -0.39 is 0 Å². The van der Waals surface area contributed by atoms with Crippen LogP contribution in [-0.4, -0.2) is 27.9 Å². The van der Waals surface area contributed by atoms with Crippen molar-refractivity contribution < 1.29 is 0 Å². The minimum absolute atomic E-state index is 0.188. The first-order valence-corrected chi connectivity index (χ1v) is 5.24. The number of hydrogen-bond donors (Lipinski definition) is 1. The Morgan fingerprint density at radius 1 is 1.25 bits per heavy atom. The third kappa shape index (κ3) is 0.709. The van der Waals surface area contributed by atoms with Crippen LogP contribution < -0.4 is 0 Å². The summed E-state index contributed by atoms with van der Waals surface area (Å²) in [6.07, 6.45) is 3.75. The van der Waals surface area contributed by atoms with E-state index in [-0.39, 0.29) is 15.0 Å². The fraction of sp³-hybridized carbons (Fsp3) is 0. The summed E-state index contributed by atoms with van der Waals surface area (Å²) >= 11 is 0.188. The molecule has 0 aliphatic heterocycles. The number of benzene rings is 1. The average Bonchev–Trinajstić information content (AvgIpc) is 2.71. The Hall–Kier alpha value is -1.12. The van der Waals surface area contributed by atoms with Crippen molar-refractivity contribution in [1.82, 2.24) is 12.9 Å². The van der Waals surface area contributed by atoms with E-state index in [2.05, 4.69) is 25.1 Å². The van der Waals surface area contributed by atoms with Gasteiger partial charge in [-0.1, -0.05) is 0 Å². The van der Waals surface area contributed by atoms with E-state index in [0.29, 0.717) is 0 Å². The van der Waals surface area contributed by atoms with Crippen LogP contribution in [0, 0.1) is 0 Å². The summed E-state index contributed by atoms with van der Waals surface area (Å²) in [4.78, 5) is 4.10. The van der Waals surface area contributed by atoms with E-state index >= 15 is 0 Å². The zero-order valence-electron chi connectivity index (χ0n) is 6.11. The molecule has 2 aromatic heterocycles. The van der Waals surface area contributed by atoms with Crippen LogP contribution in [-0.2, 0) is 0 Å². The van der Waals surface area contributed by atoms with E-state index in [0.717, 1.165) is 11.0 Å². The monoisotopic (exact) mass is 223 g/mol. The number of nitrogens with zero attached hydrogens (tertiary/aromatic N) is 2. The predicted molar refractivity (Wildman–Crippen MR) is 48.3 cm³/mol. The predicted octanol–water partition coefficient (Wildman–Crippen LogP) is 1.17. The van der Waals surface area contributed by atoms with Crippen LogP contribution in [0.3, 0.4) is 0 Å². The summed E-state index contributed by atoms with van der Waals surface area (Å²) in [7, 11) is 0. The van der Waals surface area contributed by atoms with Gasteiger partial charge in [0.1, 0.15) is 0 Å². The fourth-order valence-corrected chi connectivity index (χ4v) is 2.61. The number of fused-ring (bicyclic) bond motifs is 3. The van der Waals surface area contributed by atoms with Gasteiger partial charge in [-0.25, -0.2) is 0 Å². The molecular weight excluding hydrogens is 217 g/mol. The first-order chi connectivity index (χ1) is 5.95. The molecule has 0 spiro atoms. The summed E-state index contributed by atoms with van der Waals surface area (Å²) in [6.45, 7) is 0. The van der Waals surface area contributed by atoms with Crippen molar-refractivity contribution >= 4 is 36.8 Å². The second-order valence-corrected chi connectivity index (χ2v) is 3.85. The normalized spacial score (nSPS) is 11.3. The molecule has 3 aromatic rings. The fourth-order valence-electron chi connectivity index (χ4n) is 1.36. The number of aromatic amines is 1. The average molecular weight is 222 g/mol. The third-order valence-corrected chi connectivity index (χ3v) is 3.19. The van der Waals surface area contributed by atoms with Gasteiger partial charge in [0.05, 0.1) is 0 Å². The standard InChI is InChI=1S/C8H5N3Se/c1-2-7-8(11-12-10-7)6-4-9-3-5(1)6/h1-4,10H. The summed E-state index contributed by atoms with van der Waals surface area (Å²) in [5, 5.41) is 2.34. The van der Waals surface area contributed by atoms with Gasteiger partial charge in [-0.3, -0.25) is 0 Å². The zero-order chi connectivity index (χ0) is 7.97. The second kappa shape index (κ2) is 2.19. The van der Waals surface area contributed by atoms with Crippen LogP contribution in [0.5, 0.6) is 0 Å². The van der Waals surface area contributed by atoms with E-state index in [9.17, 15) is 0 Å². The molecule has 0 unspecified atom stereocenters. The quantitative estimate of drug-likeness (QED) is 0.580. The molecule has 0 saturated carbocycles. The number of aromatic nitrogens is 3. The molecule has 0 aliphatic carbocycles. The molecule has 0 bridgehead atoms. The van der Waals surface area contributed by atoms with Gasteiger partial charge in [-0.15, -0.1) is 0 Å². The number of nitrogens with one attached hydrogen (secondary N) is 1. The van der Waals surface area contributed by atoms with Crippen molar-refractivity contribution in [1.29, 1.82) is 0 Å². The van der Waals surface area contributed by atoms with Gasteiger partial charge in [0.2, 0.25) is 0 Å². The topological polar surface area (TPSA) is 41.6 Å². The molecule has 0 fully saturated rings. The maximum atomic E-state index is 4.41. The van der Waals surface area contributed by atoms with Crippen LogP contribution in [0.15, 0.2) is 24.5 Å². The Balaban J connectivity index is 2.71. The number of rotatable bonds is 0. The van der Waals surface area contributed by atoms with E-state index in [4.69, 9.17) is 0 Å². The van der Waals surface area contributed by atoms with Gasteiger partial charge in [0.25, 0.3) is 0 Å². The molecule has 3 rings (SSSR count). The molecule has 0 atom stereocenters. The minimum atomic E-state index is 0.188. The molecule has 0 amide bonds. The maximum absolute atomic E-state index is 4.41.